The highest BCUT2D eigenvalue weighted by Crippen LogP contribution is 2.15. The van der Waals surface area contributed by atoms with Crippen LogP contribution in [0.1, 0.15) is 18.1 Å². The molecule has 1 aliphatic heterocycles. The van der Waals surface area contributed by atoms with Gasteiger partial charge in [-0.3, -0.25) is 9.91 Å². The van der Waals surface area contributed by atoms with Gasteiger partial charge in [-0.25, -0.2) is 0 Å². The molecule has 5 heteroatoms. The van der Waals surface area contributed by atoms with Crippen LogP contribution in [0.3, 0.4) is 0 Å². The summed E-state index contributed by atoms with van der Waals surface area (Å²) in [6.45, 7) is 6.91. The highest BCUT2D eigenvalue weighted by atomic mass is 35.5. The van der Waals surface area contributed by atoms with Crippen molar-refractivity contribution in [2.24, 2.45) is 5.10 Å². The van der Waals surface area contributed by atoms with Crippen LogP contribution in [0.4, 0.5) is 0 Å². The van der Waals surface area contributed by atoms with Gasteiger partial charge < -0.3 is 4.74 Å². The molecule has 132 valence electrons. The lowest BCUT2D eigenvalue weighted by atomic mass is 10.1. The van der Waals surface area contributed by atoms with Gasteiger partial charge in [0.1, 0.15) is 5.75 Å². The molecule has 0 N–H and O–H groups in total. The van der Waals surface area contributed by atoms with Crippen molar-refractivity contribution >= 4 is 17.3 Å². The van der Waals surface area contributed by atoms with Crippen molar-refractivity contribution in [3.63, 3.8) is 0 Å². The molecule has 0 aliphatic carbocycles. The molecule has 1 heterocycles. The number of methoxy groups -OCH3 is 1. The van der Waals surface area contributed by atoms with E-state index in [1.54, 1.807) is 7.11 Å². The average molecular weight is 358 g/mol. The van der Waals surface area contributed by atoms with Gasteiger partial charge in [-0.1, -0.05) is 35.9 Å². The second-order valence-electron chi connectivity index (χ2n) is 6.27. The van der Waals surface area contributed by atoms with Crippen molar-refractivity contribution in [3.05, 3.63) is 64.7 Å². The first kappa shape index (κ1) is 17.8. The molecule has 25 heavy (non-hydrogen) atoms. The summed E-state index contributed by atoms with van der Waals surface area (Å²) in [6.07, 6.45) is 0. The Balaban J connectivity index is 1.55. The summed E-state index contributed by atoms with van der Waals surface area (Å²) >= 11 is 5.95. The molecule has 0 bridgehead atoms. The number of hydrogen-bond donors (Lipinski definition) is 0. The van der Waals surface area contributed by atoms with Gasteiger partial charge in [-0.15, -0.1) is 0 Å². The van der Waals surface area contributed by atoms with E-state index in [9.17, 15) is 0 Å². The van der Waals surface area contributed by atoms with Crippen molar-refractivity contribution in [2.75, 3.05) is 33.3 Å². The van der Waals surface area contributed by atoms with Crippen LogP contribution in [0.5, 0.6) is 5.75 Å². The van der Waals surface area contributed by atoms with E-state index in [4.69, 9.17) is 21.4 Å². The second-order valence-corrected chi connectivity index (χ2v) is 6.71. The molecule has 0 unspecified atom stereocenters. The molecule has 1 aliphatic rings. The Bertz CT molecular complexity index is 722. The van der Waals surface area contributed by atoms with Crippen LogP contribution in [-0.2, 0) is 6.54 Å². The number of ether oxygens (including phenoxy) is 1. The molecule has 1 fully saturated rings. The van der Waals surface area contributed by atoms with E-state index >= 15 is 0 Å². The molecule has 0 aromatic heterocycles. The lowest BCUT2D eigenvalue weighted by molar-refractivity contribution is 0.130. The molecule has 0 atom stereocenters. The largest absolute Gasteiger partial charge is 0.497 e. The number of rotatable bonds is 5. The number of piperazine rings is 1. The third-order valence-corrected chi connectivity index (χ3v) is 4.70. The van der Waals surface area contributed by atoms with Crippen molar-refractivity contribution < 1.29 is 4.74 Å². The minimum atomic E-state index is 0.788. The molecule has 0 radical (unpaired) electrons. The normalized spacial score (nSPS) is 16.1. The monoisotopic (exact) mass is 357 g/mol. The van der Waals surface area contributed by atoms with E-state index < -0.39 is 0 Å². The molecule has 3 rings (SSSR count). The number of hydrogen-bond acceptors (Lipinski definition) is 4. The van der Waals surface area contributed by atoms with Crippen LogP contribution in [0.15, 0.2) is 53.6 Å². The van der Waals surface area contributed by atoms with Gasteiger partial charge in [0.2, 0.25) is 0 Å². The van der Waals surface area contributed by atoms with Gasteiger partial charge in [0.25, 0.3) is 0 Å². The van der Waals surface area contributed by atoms with Crippen molar-refractivity contribution in [1.82, 2.24) is 9.91 Å². The smallest absolute Gasteiger partial charge is 0.119 e. The maximum absolute atomic E-state index is 5.95. The Morgan fingerprint density at radius 2 is 1.80 bits per heavy atom. The van der Waals surface area contributed by atoms with Gasteiger partial charge in [0.15, 0.2) is 0 Å². The summed E-state index contributed by atoms with van der Waals surface area (Å²) in [5, 5.41) is 7.73. The molecule has 0 amide bonds. The standard InChI is InChI=1S/C20H24ClN3O/c1-16(18-4-3-5-20(14-18)25-2)22-24-12-10-23(11-13-24)15-17-6-8-19(21)9-7-17/h3-9,14H,10-13,15H2,1-2H3/b22-16+. The zero-order chi connectivity index (χ0) is 17.6. The molecule has 0 saturated carbocycles. The van der Waals surface area contributed by atoms with Crippen molar-refractivity contribution in [1.29, 1.82) is 0 Å². The first-order valence-electron chi connectivity index (χ1n) is 8.55. The number of nitrogens with zero attached hydrogens (tertiary/aromatic N) is 3. The third-order valence-electron chi connectivity index (χ3n) is 4.45. The average Bonchev–Trinajstić information content (AvgIpc) is 2.65. The van der Waals surface area contributed by atoms with Crippen LogP contribution in [0, 0.1) is 0 Å². The zero-order valence-electron chi connectivity index (χ0n) is 14.8. The minimum Gasteiger partial charge on any atom is -0.497 e. The van der Waals surface area contributed by atoms with Gasteiger partial charge >= 0.3 is 0 Å². The predicted octanol–water partition coefficient (Wildman–Crippen LogP) is 3.89. The Kier molecular flexibility index (Phi) is 5.95. The fraction of sp³-hybridized carbons (Fsp3) is 0.350. The van der Waals surface area contributed by atoms with Gasteiger partial charge in [-0.05, 0) is 36.8 Å². The van der Waals surface area contributed by atoms with E-state index in [0.29, 0.717) is 0 Å². The number of hydrazone groups is 1. The molecule has 4 nitrogen and oxygen atoms in total. The van der Waals surface area contributed by atoms with Crippen LogP contribution in [-0.4, -0.2) is 48.9 Å². The Morgan fingerprint density at radius 3 is 2.48 bits per heavy atom. The van der Waals surface area contributed by atoms with E-state index in [1.807, 2.05) is 30.3 Å². The van der Waals surface area contributed by atoms with E-state index in [1.165, 1.54) is 5.56 Å². The maximum atomic E-state index is 5.95. The first-order chi connectivity index (χ1) is 12.1. The summed E-state index contributed by atoms with van der Waals surface area (Å²) in [7, 11) is 1.69. The summed E-state index contributed by atoms with van der Waals surface area (Å²) in [4.78, 5) is 2.45. The van der Waals surface area contributed by atoms with Crippen LogP contribution < -0.4 is 4.74 Å². The fourth-order valence-corrected chi connectivity index (χ4v) is 3.09. The molecule has 2 aromatic rings. The molecular formula is C20H24ClN3O. The highest BCUT2D eigenvalue weighted by Gasteiger charge is 2.16. The third kappa shape index (κ3) is 4.97. The quantitative estimate of drug-likeness (QED) is 0.760. The van der Waals surface area contributed by atoms with Crippen LogP contribution >= 0.6 is 11.6 Å². The van der Waals surface area contributed by atoms with Gasteiger partial charge in [0.05, 0.1) is 12.8 Å². The van der Waals surface area contributed by atoms with Gasteiger partial charge in [0, 0.05) is 43.3 Å². The van der Waals surface area contributed by atoms with Crippen LogP contribution in [0.2, 0.25) is 5.02 Å². The van der Waals surface area contributed by atoms with E-state index in [0.717, 1.165) is 54.8 Å². The van der Waals surface area contributed by atoms with Crippen molar-refractivity contribution in [2.45, 2.75) is 13.5 Å². The Hall–Kier alpha value is -2.04. The summed E-state index contributed by atoms with van der Waals surface area (Å²) < 4.78 is 5.29. The summed E-state index contributed by atoms with van der Waals surface area (Å²) in [5.41, 5.74) is 3.42. The predicted molar refractivity (Wildman–Crippen MR) is 104 cm³/mol. The minimum absolute atomic E-state index is 0.788. The lowest BCUT2D eigenvalue weighted by Gasteiger charge is -2.33. The highest BCUT2D eigenvalue weighted by molar-refractivity contribution is 6.30. The first-order valence-corrected chi connectivity index (χ1v) is 8.93. The molecule has 1 saturated heterocycles. The molecule has 2 aromatic carbocycles. The summed E-state index contributed by atoms with van der Waals surface area (Å²) in [6, 6.07) is 16.1. The van der Waals surface area contributed by atoms with E-state index in [-0.39, 0.29) is 0 Å². The van der Waals surface area contributed by atoms with Gasteiger partial charge in [-0.2, -0.15) is 5.10 Å². The second kappa shape index (κ2) is 8.37. The molecular weight excluding hydrogens is 334 g/mol. The molecule has 0 spiro atoms. The van der Waals surface area contributed by atoms with Crippen LogP contribution in [0.25, 0.3) is 0 Å². The van der Waals surface area contributed by atoms with Crippen molar-refractivity contribution in [3.8, 4) is 5.75 Å². The van der Waals surface area contributed by atoms with E-state index in [2.05, 4.69) is 35.0 Å². The lowest BCUT2D eigenvalue weighted by Crippen LogP contribution is -2.43. The summed E-state index contributed by atoms with van der Waals surface area (Å²) in [5.74, 6) is 0.861. The fourth-order valence-electron chi connectivity index (χ4n) is 2.96. The Morgan fingerprint density at radius 1 is 1.08 bits per heavy atom. The SMILES string of the molecule is COc1cccc(/C(C)=N/N2CCN(Cc3ccc(Cl)cc3)CC2)c1. The number of benzene rings is 2. The Labute approximate surface area is 154 Å². The number of halogens is 1. The topological polar surface area (TPSA) is 28.1 Å². The maximum Gasteiger partial charge on any atom is 0.119 e. The zero-order valence-corrected chi connectivity index (χ0v) is 15.5.